The van der Waals surface area contributed by atoms with Gasteiger partial charge in [0.25, 0.3) is 0 Å². The molecule has 3 rings (SSSR count). The molecule has 1 aliphatic heterocycles. The van der Waals surface area contributed by atoms with Crippen molar-refractivity contribution in [2.24, 2.45) is 0 Å². The molecule has 0 bridgehead atoms. The van der Waals surface area contributed by atoms with Crippen molar-refractivity contribution in [3.8, 4) is 0 Å². The van der Waals surface area contributed by atoms with Crippen molar-refractivity contribution in [3.05, 3.63) is 66.2 Å². The zero-order valence-electron chi connectivity index (χ0n) is 15.3. The molecule has 1 saturated heterocycles. The molecule has 1 aliphatic rings. The van der Waals surface area contributed by atoms with Crippen molar-refractivity contribution >= 4 is 11.6 Å². The van der Waals surface area contributed by atoms with E-state index in [1.54, 1.807) is 0 Å². The van der Waals surface area contributed by atoms with E-state index in [0.29, 0.717) is 12.5 Å². The van der Waals surface area contributed by atoms with Crippen molar-refractivity contribution in [3.63, 3.8) is 0 Å². The smallest absolute Gasteiger partial charge is 0.227 e. The van der Waals surface area contributed by atoms with Gasteiger partial charge in [-0.2, -0.15) is 0 Å². The van der Waals surface area contributed by atoms with E-state index in [4.69, 9.17) is 0 Å². The number of anilines is 1. The van der Waals surface area contributed by atoms with Crippen LogP contribution in [0, 0.1) is 0 Å². The summed E-state index contributed by atoms with van der Waals surface area (Å²) in [5.74, 6) is 0.213. The van der Waals surface area contributed by atoms with E-state index in [0.717, 1.165) is 31.6 Å². The molecule has 1 heterocycles. The van der Waals surface area contributed by atoms with Crippen molar-refractivity contribution in [2.75, 3.05) is 18.0 Å². The number of piperidine rings is 1. The van der Waals surface area contributed by atoms with E-state index in [1.165, 1.54) is 5.56 Å². The lowest BCUT2D eigenvalue weighted by Crippen LogP contribution is -2.50. The zero-order chi connectivity index (χ0) is 17.6. The van der Waals surface area contributed by atoms with Crippen LogP contribution in [-0.4, -0.2) is 29.9 Å². The average Bonchev–Trinajstić information content (AvgIpc) is 2.69. The van der Waals surface area contributed by atoms with Gasteiger partial charge in [-0.3, -0.25) is 9.69 Å². The van der Waals surface area contributed by atoms with E-state index in [2.05, 4.69) is 42.2 Å². The predicted molar refractivity (Wildman–Crippen MR) is 104 cm³/mol. The third-order valence-electron chi connectivity index (χ3n) is 5.23. The van der Waals surface area contributed by atoms with Gasteiger partial charge in [0, 0.05) is 30.7 Å². The van der Waals surface area contributed by atoms with E-state index in [9.17, 15) is 4.79 Å². The fourth-order valence-electron chi connectivity index (χ4n) is 3.81. The van der Waals surface area contributed by atoms with Crippen LogP contribution in [0.15, 0.2) is 60.7 Å². The monoisotopic (exact) mass is 336 g/mol. The minimum Gasteiger partial charge on any atom is -0.308 e. The Hall–Kier alpha value is -2.13. The van der Waals surface area contributed by atoms with Crippen molar-refractivity contribution in [1.29, 1.82) is 0 Å². The summed E-state index contributed by atoms with van der Waals surface area (Å²) in [5, 5.41) is 0. The molecule has 0 spiro atoms. The van der Waals surface area contributed by atoms with Gasteiger partial charge in [0.05, 0.1) is 0 Å². The third kappa shape index (κ3) is 4.10. The molecule has 0 saturated carbocycles. The maximum Gasteiger partial charge on any atom is 0.227 e. The van der Waals surface area contributed by atoms with Crippen LogP contribution in [0.5, 0.6) is 0 Å². The number of hydrogen-bond acceptors (Lipinski definition) is 2. The molecule has 0 aliphatic carbocycles. The molecule has 3 heteroatoms. The Morgan fingerprint density at radius 3 is 2.40 bits per heavy atom. The number of nitrogens with zero attached hydrogens (tertiary/aromatic N) is 2. The Morgan fingerprint density at radius 2 is 1.76 bits per heavy atom. The molecule has 132 valence electrons. The second-order valence-corrected chi connectivity index (χ2v) is 6.83. The second kappa shape index (κ2) is 8.30. The van der Waals surface area contributed by atoms with Gasteiger partial charge < -0.3 is 4.90 Å². The Morgan fingerprint density at radius 1 is 1.12 bits per heavy atom. The minimum absolute atomic E-state index is 0.213. The first kappa shape index (κ1) is 17.7. The van der Waals surface area contributed by atoms with Gasteiger partial charge in [0.1, 0.15) is 0 Å². The van der Waals surface area contributed by atoms with Crippen LogP contribution >= 0.6 is 0 Å². The molecule has 2 aromatic rings. The highest BCUT2D eigenvalue weighted by atomic mass is 16.2. The molecule has 3 nitrogen and oxygen atoms in total. The number of para-hydroxylation sites is 1. The van der Waals surface area contributed by atoms with Crippen LogP contribution in [0.4, 0.5) is 5.69 Å². The fourth-order valence-corrected chi connectivity index (χ4v) is 3.81. The highest BCUT2D eigenvalue weighted by Crippen LogP contribution is 2.28. The summed E-state index contributed by atoms with van der Waals surface area (Å²) in [6, 6.07) is 21.4. The Bertz CT molecular complexity index is 671. The highest BCUT2D eigenvalue weighted by Gasteiger charge is 2.31. The first-order valence-electron chi connectivity index (χ1n) is 9.36. The molecular formula is C22H28N2O. The Balaban J connectivity index is 1.79. The summed E-state index contributed by atoms with van der Waals surface area (Å²) in [4.78, 5) is 17.2. The minimum atomic E-state index is 0.213. The summed E-state index contributed by atoms with van der Waals surface area (Å²) in [6.07, 6.45) is 2.74. The standard InChI is InChI=1S/C22H28N2O/c1-3-22(25)24(20-13-8-5-9-14-20)21-15-10-16-23(17-21)18(2)19-11-6-4-7-12-19/h4-9,11-14,18,21H,3,10,15-17H2,1-2H3/t18?,21-/m1/s1. The third-order valence-corrected chi connectivity index (χ3v) is 5.23. The average molecular weight is 336 g/mol. The van der Waals surface area contributed by atoms with E-state index in [-0.39, 0.29) is 11.9 Å². The molecule has 1 unspecified atom stereocenters. The van der Waals surface area contributed by atoms with Crippen molar-refractivity contribution in [2.45, 2.75) is 45.2 Å². The van der Waals surface area contributed by atoms with Gasteiger partial charge in [-0.05, 0) is 44.0 Å². The van der Waals surface area contributed by atoms with Crippen LogP contribution in [0.2, 0.25) is 0 Å². The number of hydrogen-bond donors (Lipinski definition) is 0. The first-order valence-corrected chi connectivity index (χ1v) is 9.36. The molecule has 1 fully saturated rings. The lowest BCUT2D eigenvalue weighted by atomic mass is 9.98. The topological polar surface area (TPSA) is 23.6 Å². The normalized spacial score (nSPS) is 19.4. The second-order valence-electron chi connectivity index (χ2n) is 6.83. The molecule has 1 amide bonds. The van der Waals surface area contributed by atoms with Crippen LogP contribution in [-0.2, 0) is 4.79 Å². The molecule has 0 radical (unpaired) electrons. The van der Waals surface area contributed by atoms with E-state index >= 15 is 0 Å². The molecule has 0 aromatic heterocycles. The maximum absolute atomic E-state index is 12.7. The van der Waals surface area contributed by atoms with Crippen LogP contribution in [0.1, 0.15) is 44.7 Å². The lowest BCUT2D eigenvalue weighted by Gasteiger charge is -2.42. The van der Waals surface area contributed by atoms with Crippen LogP contribution in [0.3, 0.4) is 0 Å². The number of carbonyl (C=O) groups is 1. The SMILES string of the molecule is CCC(=O)N(c1ccccc1)[C@@H]1CCCN(C(C)c2ccccc2)C1. The van der Waals surface area contributed by atoms with Gasteiger partial charge in [0.2, 0.25) is 5.91 Å². The number of amides is 1. The number of carbonyl (C=O) groups excluding carboxylic acids is 1. The number of likely N-dealkylation sites (tertiary alicyclic amines) is 1. The van der Waals surface area contributed by atoms with Gasteiger partial charge >= 0.3 is 0 Å². The van der Waals surface area contributed by atoms with E-state index in [1.807, 2.05) is 42.2 Å². The molecule has 0 N–H and O–H groups in total. The Kier molecular flexibility index (Phi) is 5.87. The Labute approximate surface area is 151 Å². The maximum atomic E-state index is 12.7. The molecule has 2 aromatic carbocycles. The van der Waals surface area contributed by atoms with Crippen LogP contribution in [0.25, 0.3) is 0 Å². The van der Waals surface area contributed by atoms with Gasteiger partial charge in [-0.15, -0.1) is 0 Å². The van der Waals surface area contributed by atoms with Gasteiger partial charge in [-0.25, -0.2) is 0 Å². The van der Waals surface area contributed by atoms with E-state index < -0.39 is 0 Å². The predicted octanol–water partition coefficient (Wildman–Crippen LogP) is 4.66. The molecular weight excluding hydrogens is 308 g/mol. The first-order chi connectivity index (χ1) is 12.2. The quantitative estimate of drug-likeness (QED) is 0.793. The molecule has 25 heavy (non-hydrogen) atoms. The van der Waals surface area contributed by atoms with Crippen LogP contribution < -0.4 is 4.90 Å². The number of benzene rings is 2. The van der Waals surface area contributed by atoms with Crippen molar-refractivity contribution in [1.82, 2.24) is 4.90 Å². The molecule has 2 atom stereocenters. The summed E-state index contributed by atoms with van der Waals surface area (Å²) >= 11 is 0. The number of rotatable bonds is 5. The zero-order valence-corrected chi connectivity index (χ0v) is 15.3. The summed E-state index contributed by atoms with van der Waals surface area (Å²) in [7, 11) is 0. The summed E-state index contributed by atoms with van der Waals surface area (Å²) in [6.45, 7) is 6.24. The fraction of sp³-hybridized carbons (Fsp3) is 0.409. The van der Waals surface area contributed by atoms with Gasteiger partial charge in [0.15, 0.2) is 0 Å². The summed E-state index contributed by atoms with van der Waals surface area (Å²) in [5.41, 5.74) is 2.37. The van der Waals surface area contributed by atoms with Gasteiger partial charge in [-0.1, -0.05) is 55.5 Å². The lowest BCUT2D eigenvalue weighted by molar-refractivity contribution is -0.119. The highest BCUT2D eigenvalue weighted by molar-refractivity contribution is 5.93. The van der Waals surface area contributed by atoms with Crippen molar-refractivity contribution < 1.29 is 4.79 Å². The summed E-state index contributed by atoms with van der Waals surface area (Å²) < 4.78 is 0. The largest absolute Gasteiger partial charge is 0.308 e.